The summed E-state index contributed by atoms with van der Waals surface area (Å²) in [5.41, 5.74) is 0. The Kier molecular flexibility index (Phi) is 5.90. The van der Waals surface area contributed by atoms with Crippen molar-refractivity contribution in [1.82, 2.24) is 4.31 Å². The fraction of sp³-hybridized carbons (Fsp3) is 0.600. The molecule has 0 amide bonds. The Morgan fingerprint density at radius 2 is 2.05 bits per heavy atom. The van der Waals surface area contributed by atoms with E-state index in [2.05, 4.69) is 0 Å². The van der Waals surface area contributed by atoms with E-state index in [0.717, 1.165) is 25.7 Å². The summed E-state index contributed by atoms with van der Waals surface area (Å²) in [6.45, 7) is 3.20. The molecular weight excluding hydrogens is 310 g/mol. The minimum absolute atomic E-state index is 0.134. The molecule has 1 fully saturated rings. The first-order chi connectivity index (χ1) is 10.1. The number of hydrogen-bond acceptors (Lipinski definition) is 3. The van der Waals surface area contributed by atoms with E-state index in [1.807, 2.05) is 6.92 Å². The molecule has 1 saturated heterocycles. The molecule has 2 rings (SSSR count). The van der Waals surface area contributed by atoms with Crippen molar-refractivity contribution in [3.05, 3.63) is 24.3 Å². The first-order valence-corrected chi connectivity index (χ1v) is 9.37. The van der Waals surface area contributed by atoms with Gasteiger partial charge in [-0.1, -0.05) is 6.92 Å². The minimum atomic E-state index is -3.39. The molecule has 1 atom stereocenters. The molecule has 4 nitrogen and oxygen atoms in total. The Morgan fingerprint density at radius 1 is 1.33 bits per heavy atom. The summed E-state index contributed by atoms with van der Waals surface area (Å²) < 4.78 is 32.4. The number of alkyl halides is 1. The minimum Gasteiger partial charge on any atom is -0.494 e. The lowest BCUT2D eigenvalue weighted by molar-refractivity contribution is 0.318. The van der Waals surface area contributed by atoms with Gasteiger partial charge in [-0.25, -0.2) is 8.42 Å². The van der Waals surface area contributed by atoms with Crippen molar-refractivity contribution in [2.45, 2.75) is 43.5 Å². The van der Waals surface area contributed by atoms with E-state index in [0.29, 0.717) is 29.7 Å². The van der Waals surface area contributed by atoms with E-state index < -0.39 is 10.0 Å². The maximum atomic E-state index is 12.6. The quantitative estimate of drug-likeness (QED) is 0.569. The van der Waals surface area contributed by atoms with Gasteiger partial charge in [0, 0.05) is 18.5 Å². The van der Waals surface area contributed by atoms with Gasteiger partial charge >= 0.3 is 0 Å². The molecule has 6 heteroatoms. The molecule has 0 saturated carbocycles. The molecule has 118 valence electrons. The molecule has 1 unspecified atom stereocenters. The smallest absolute Gasteiger partial charge is 0.243 e. The molecule has 0 N–H and O–H groups in total. The first kappa shape index (κ1) is 16.6. The molecule has 1 aliphatic heterocycles. The molecule has 0 aromatic heterocycles. The van der Waals surface area contributed by atoms with Crippen LogP contribution in [0.4, 0.5) is 0 Å². The standard InChI is InChI=1S/C15H22ClNO3S/c1-2-13-5-3-11-17(13)21(18,19)15-8-6-14(7-9-15)20-12-4-10-16/h6-9,13H,2-5,10-12H2,1H3. The molecular formula is C15H22ClNO3S. The third kappa shape index (κ3) is 3.90. The van der Waals surface area contributed by atoms with Gasteiger partial charge in [0.25, 0.3) is 0 Å². The maximum Gasteiger partial charge on any atom is 0.243 e. The molecule has 1 aromatic rings. The maximum absolute atomic E-state index is 12.6. The van der Waals surface area contributed by atoms with Gasteiger partial charge in [-0.15, -0.1) is 11.6 Å². The lowest BCUT2D eigenvalue weighted by Gasteiger charge is -2.23. The normalized spacial score (nSPS) is 19.8. The van der Waals surface area contributed by atoms with Crippen LogP contribution in [0.3, 0.4) is 0 Å². The molecule has 1 heterocycles. The van der Waals surface area contributed by atoms with E-state index in [1.165, 1.54) is 0 Å². The number of rotatable bonds is 7. The van der Waals surface area contributed by atoms with Gasteiger partial charge in [0.1, 0.15) is 5.75 Å². The number of ether oxygens (including phenoxy) is 1. The zero-order valence-corrected chi connectivity index (χ0v) is 13.9. The van der Waals surface area contributed by atoms with Crippen LogP contribution in [0, 0.1) is 0 Å². The van der Waals surface area contributed by atoms with Gasteiger partial charge in [0.15, 0.2) is 0 Å². The molecule has 21 heavy (non-hydrogen) atoms. The third-order valence-electron chi connectivity index (χ3n) is 3.77. The highest BCUT2D eigenvalue weighted by Crippen LogP contribution is 2.28. The molecule has 0 bridgehead atoms. The van der Waals surface area contributed by atoms with Crippen molar-refractivity contribution in [3.8, 4) is 5.75 Å². The highest BCUT2D eigenvalue weighted by atomic mass is 35.5. The second-order valence-electron chi connectivity index (χ2n) is 5.18. The predicted octanol–water partition coefficient (Wildman–Crippen LogP) is 3.26. The van der Waals surface area contributed by atoms with E-state index in [9.17, 15) is 8.42 Å². The van der Waals surface area contributed by atoms with Crippen LogP contribution in [0.5, 0.6) is 5.75 Å². The Balaban J connectivity index is 2.10. The summed E-state index contributed by atoms with van der Waals surface area (Å²) in [5.74, 6) is 1.23. The Hall–Kier alpha value is -0.780. The number of benzene rings is 1. The molecule has 0 radical (unpaired) electrons. The summed E-state index contributed by atoms with van der Waals surface area (Å²) in [6.07, 6.45) is 3.53. The van der Waals surface area contributed by atoms with Crippen molar-refractivity contribution in [2.75, 3.05) is 19.0 Å². The zero-order valence-electron chi connectivity index (χ0n) is 12.3. The van der Waals surface area contributed by atoms with E-state index in [4.69, 9.17) is 16.3 Å². The number of sulfonamides is 1. The first-order valence-electron chi connectivity index (χ1n) is 7.40. The number of halogens is 1. The van der Waals surface area contributed by atoms with Crippen LogP contribution < -0.4 is 4.74 Å². The van der Waals surface area contributed by atoms with Crippen molar-refractivity contribution < 1.29 is 13.2 Å². The Labute approximate surface area is 132 Å². The van der Waals surface area contributed by atoms with Crippen LogP contribution in [0.1, 0.15) is 32.6 Å². The molecule has 1 aliphatic rings. The Morgan fingerprint density at radius 3 is 2.67 bits per heavy atom. The summed E-state index contributed by atoms with van der Waals surface area (Å²) >= 11 is 5.59. The fourth-order valence-corrected chi connectivity index (χ4v) is 4.50. The second kappa shape index (κ2) is 7.47. The van der Waals surface area contributed by atoms with E-state index in [1.54, 1.807) is 28.6 Å². The van der Waals surface area contributed by atoms with Crippen LogP contribution in [-0.4, -0.2) is 37.8 Å². The highest BCUT2D eigenvalue weighted by molar-refractivity contribution is 7.89. The van der Waals surface area contributed by atoms with Crippen LogP contribution in [0.15, 0.2) is 29.2 Å². The average molecular weight is 332 g/mol. The summed E-state index contributed by atoms with van der Waals surface area (Å²) in [5, 5.41) is 0. The number of nitrogens with zero attached hydrogens (tertiary/aromatic N) is 1. The predicted molar refractivity (Wildman–Crippen MR) is 84.5 cm³/mol. The largest absolute Gasteiger partial charge is 0.494 e. The highest BCUT2D eigenvalue weighted by Gasteiger charge is 2.33. The van der Waals surface area contributed by atoms with Crippen molar-refractivity contribution >= 4 is 21.6 Å². The van der Waals surface area contributed by atoms with Crippen molar-refractivity contribution in [2.24, 2.45) is 0 Å². The molecule has 0 spiro atoms. The SMILES string of the molecule is CCC1CCCN1S(=O)(=O)c1ccc(OCCCCl)cc1. The van der Waals surface area contributed by atoms with Gasteiger partial charge in [0.05, 0.1) is 11.5 Å². The van der Waals surface area contributed by atoms with Gasteiger partial charge in [-0.3, -0.25) is 0 Å². The monoisotopic (exact) mass is 331 g/mol. The van der Waals surface area contributed by atoms with Crippen LogP contribution >= 0.6 is 11.6 Å². The van der Waals surface area contributed by atoms with Gasteiger partial charge in [0.2, 0.25) is 10.0 Å². The Bertz CT molecular complexity index is 545. The summed E-state index contributed by atoms with van der Waals surface area (Å²) in [7, 11) is -3.39. The summed E-state index contributed by atoms with van der Waals surface area (Å²) in [4.78, 5) is 0.340. The van der Waals surface area contributed by atoms with E-state index in [-0.39, 0.29) is 6.04 Å². The van der Waals surface area contributed by atoms with Gasteiger partial charge in [-0.05, 0) is 49.9 Å². The number of hydrogen-bond donors (Lipinski definition) is 0. The molecule has 1 aromatic carbocycles. The lowest BCUT2D eigenvalue weighted by Crippen LogP contribution is -2.35. The van der Waals surface area contributed by atoms with Crippen molar-refractivity contribution in [1.29, 1.82) is 0 Å². The van der Waals surface area contributed by atoms with E-state index >= 15 is 0 Å². The van der Waals surface area contributed by atoms with Crippen molar-refractivity contribution in [3.63, 3.8) is 0 Å². The van der Waals surface area contributed by atoms with Gasteiger partial charge < -0.3 is 4.74 Å². The average Bonchev–Trinajstić information content (AvgIpc) is 2.97. The topological polar surface area (TPSA) is 46.6 Å². The van der Waals surface area contributed by atoms with Gasteiger partial charge in [-0.2, -0.15) is 4.31 Å². The second-order valence-corrected chi connectivity index (χ2v) is 7.45. The summed E-state index contributed by atoms with van der Waals surface area (Å²) in [6, 6.07) is 6.79. The van der Waals surface area contributed by atoms with Crippen LogP contribution in [0.25, 0.3) is 0 Å². The lowest BCUT2D eigenvalue weighted by atomic mass is 10.2. The van der Waals surface area contributed by atoms with Crippen LogP contribution in [0.2, 0.25) is 0 Å². The van der Waals surface area contributed by atoms with Crippen LogP contribution in [-0.2, 0) is 10.0 Å². The molecule has 0 aliphatic carbocycles. The fourth-order valence-electron chi connectivity index (χ4n) is 2.62. The zero-order chi connectivity index (χ0) is 15.3. The third-order valence-corrected chi connectivity index (χ3v) is 6.00.